The molecule has 0 aliphatic rings. The number of hydrogen-bond acceptors (Lipinski definition) is 3. The molecule has 1 rings (SSSR count). The Labute approximate surface area is 81.9 Å². The van der Waals surface area contributed by atoms with Crippen molar-refractivity contribution in [3.63, 3.8) is 0 Å². The van der Waals surface area contributed by atoms with Crippen LogP contribution < -0.4 is 5.73 Å². The highest BCUT2D eigenvalue weighted by Gasteiger charge is 2.10. The van der Waals surface area contributed by atoms with Gasteiger partial charge in [-0.05, 0) is 26.0 Å². The number of ketones is 1. The number of halogens is 1. The first-order chi connectivity index (χ1) is 6.16. The highest BCUT2D eigenvalue weighted by atomic mass is 35.5. The van der Waals surface area contributed by atoms with Gasteiger partial charge >= 0.3 is 0 Å². The normalized spacial score (nSPS) is 10.1. The molecule has 4 heteroatoms. The number of aromatic nitrogens is 1. The van der Waals surface area contributed by atoms with Crippen molar-refractivity contribution >= 4 is 17.4 Å². The summed E-state index contributed by atoms with van der Waals surface area (Å²) < 4.78 is 0. The van der Waals surface area contributed by atoms with E-state index in [1.165, 1.54) is 13.1 Å². The molecule has 13 heavy (non-hydrogen) atoms. The summed E-state index contributed by atoms with van der Waals surface area (Å²) in [5.74, 6) is -0.00671. The maximum absolute atomic E-state index is 11.2. The monoisotopic (exact) mass is 198 g/mol. The van der Waals surface area contributed by atoms with E-state index in [0.717, 1.165) is 5.56 Å². The molecule has 0 fully saturated rings. The molecule has 2 N–H and O–H groups in total. The van der Waals surface area contributed by atoms with Crippen molar-refractivity contribution in [3.8, 4) is 0 Å². The predicted molar refractivity (Wildman–Crippen MR) is 52.0 cm³/mol. The minimum absolute atomic E-state index is 0.00671. The number of nitrogens with zero attached hydrogens (tertiary/aromatic N) is 1. The first-order valence-corrected chi connectivity index (χ1v) is 4.39. The van der Waals surface area contributed by atoms with Crippen molar-refractivity contribution in [1.29, 1.82) is 0 Å². The molecule has 0 aliphatic carbocycles. The average molecular weight is 199 g/mol. The van der Waals surface area contributed by atoms with Gasteiger partial charge < -0.3 is 5.73 Å². The van der Waals surface area contributed by atoms with Crippen LogP contribution in [0, 0.1) is 0 Å². The predicted octanol–water partition coefficient (Wildman–Crippen LogP) is 1.44. The molecule has 0 bridgehead atoms. The van der Waals surface area contributed by atoms with Crippen LogP contribution in [0.3, 0.4) is 0 Å². The van der Waals surface area contributed by atoms with Crippen LogP contribution in [0.5, 0.6) is 0 Å². The van der Waals surface area contributed by atoms with Crippen LogP contribution in [0.25, 0.3) is 0 Å². The van der Waals surface area contributed by atoms with Gasteiger partial charge in [-0.3, -0.25) is 4.79 Å². The van der Waals surface area contributed by atoms with E-state index in [0.29, 0.717) is 23.7 Å². The third-order valence-corrected chi connectivity index (χ3v) is 2.10. The molecule has 0 unspecified atom stereocenters. The zero-order valence-corrected chi connectivity index (χ0v) is 8.14. The highest BCUT2D eigenvalue weighted by Crippen LogP contribution is 2.17. The van der Waals surface area contributed by atoms with Crippen molar-refractivity contribution in [2.24, 2.45) is 5.73 Å². The Bertz CT molecular complexity index is 325. The molecular formula is C9H11ClN2O. The summed E-state index contributed by atoms with van der Waals surface area (Å²) in [5.41, 5.74) is 6.77. The Hall–Kier alpha value is -0.930. The fraction of sp³-hybridized carbons (Fsp3) is 0.333. The van der Waals surface area contributed by atoms with Crippen molar-refractivity contribution in [1.82, 2.24) is 4.98 Å². The van der Waals surface area contributed by atoms with E-state index >= 15 is 0 Å². The van der Waals surface area contributed by atoms with Crippen molar-refractivity contribution < 1.29 is 4.79 Å². The molecule has 70 valence electrons. The zero-order chi connectivity index (χ0) is 9.84. The summed E-state index contributed by atoms with van der Waals surface area (Å²) in [4.78, 5) is 15.1. The van der Waals surface area contributed by atoms with Gasteiger partial charge in [-0.2, -0.15) is 0 Å². The Balaban J connectivity index is 3.17. The first-order valence-electron chi connectivity index (χ1n) is 4.01. The molecule has 3 nitrogen and oxygen atoms in total. The number of hydrogen-bond donors (Lipinski definition) is 1. The lowest BCUT2D eigenvalue weighted by Gasteiger charge is -2.06. The largest absolute Gasteiger partial charge is 0.330 e. The van der Waals surface area contributed by atoms with Gasteiger partial charge in [-0.1, -0.05) is 11.6 Å². The van der Waals surface area contributed by atoms with E-state index in [1.807, 2.05) is 0 Å². The molecule has 1 aromatic heterocycles. The molecule has 0 aliphatic heterocycles. The minimum atomic E-state index is -0.00671. The third-order valence-electron chi connectivity index (χ3n) is 1.78. The van der Waals surface area contributed by atoms with Gasteiger partial charge in [0.2, 0.25) is 0 Å². The second kappa shape index (κ2) is 4.35. The third kappa shape index (κ3) is 2.26. The summed E-state index contributed by atoms with van der Waals surface area (Å²) in [6, 6.07) is 1.67. The van der Waals surface area contributed by atoms with E-state index in [-0.39, 0.29) is 5.78 Å². The summed E-state index contributed by atoms with van der Waals surface area (Å²) in [7, 11) is 0. The highest BCUT2D eigenvalue weighted by molar-refractivity contribution is 6.30. The zero-order valence-electron chi connectivity index (χ0n) is 7.38. The smallest absolute Gasteiger partial charge is 0.160 e. The lowest BCUT2D eigenvalue weighted by atomic mass is 10.0. The maximum atomic E-state index is 11.2. The SMILES string of the molecule is CC(=O)c1ccnc(Cl)c1CCN. The molecule has 1 aromatic rings. The molecular weight excluding hydrogens is 188 g/mol. The van der Waals surface area contributed by atoms with Gasteiger partial charge in [0.05, 0.1) is 0 Å². The molecule has 0 radical (unpaired) electrons. The van der Waals surface area contributed by atoms with Crippen molar-refractivity contribution in [2.45, 2.75) is 13.3 Å². The van der Waals surface area contributed by atoms with Gasteiger partial charge in [0.25, 0.3) is 0 Å². The second-order valence-corrected chi connectivity index (χ2v) is 3.08. The van der Waals surface area contributed by atoms with Gasteiger partial charge in [0.1, 0.15) is 5.15 Å². The fourth-order valence-electron chi connectivity index (χ4n) is 1.18. The van der Waals surface area contributed by atoms with Crippen LogP contribution in [0.1, 0.15) is 22.8 Å². The topological polar surface area (TPSA) is 56.0 Å². The summed E-state index contributed by atoms with van der Waals surface area (Å²) in [6.07, 6.45) is 2.11. The van der Waals surface area contributed by atoms with E-state index in [2.05, 4.69) is 4.98 Å². The molecule has 1 heterocycles. The lowest BCUT2D eigenvalue weighted by molar-refractivity contribution is 0.101. The summed E-state index contributed by atoms with van der Waals surface area (Å²) in [6.45, 7) is 1.97. The van der Waals surface area contributed by atoms with Crippen LogP contribution in [-0.4, -0.2) is 17.3 Å². The van der Waals surface area contributed by atoms with Gasteiger partial charge in [-0.15, -0.1) is 0 Å². The fourth-order valence-corrected chi connectivity index (χ4v) is 1.43. The molecule has 0 amide bonds. The standard InChI is InChI=1S/C9H11ClN2O/c1-6(13)7-3-5-12-9(10)8(7)2-4-11/h3,5H,2,4,11H2,1H3. The number of carbonyl (C=O) groups is 1. The number of rotatable bonds is 3. The van der Waals surface area contributed by atoms with E-state index < -0.39 is 0 Å². The molecule has 0 spiro atoms. The molecule has 0 aromatic carbocycles. The number of nitrogens with two attached hydrogens (primary N) is 1. The van der Waals surface area contributed by atoms with Crippen LogP contribution in [0.2, 0.25) is 5.15 Å². The average Bonchev–Trinajstić information content (AvgIpc) is 2.08. The summed E-state index contributed by atoms with van der Waals surface area (Å²) >= 11 is 5.83. The molecule has 0 saturated heterocycles. The van der Waals surface area contributed by atoms with Gasteiger partial charge in [0.15, 0.2) is 5.78 Å². The van der Waals surface area contributed by atoms with Gasteiger partial charge in [0, 0.05) is 17.3 Å². The van der Waals surface area contributed by atoms with Gasteiger partial charge in [-0.25, -0.2) is 4.98 Å². The second-order valence-electron chi connectivity index (χ2n) is 2.72. The number of carbonyl (C=O) groups excluding carboxylic acids is 1. The lowest BCUT2D eigenvalue weighted by Crippen LogP contribution is -2.08. The van der Waals surface area contributed by atoms with E-state index in [4.69, 9.17) is 17.3 Å². The first kappa shape index (κ1) is 10.2. The molecule has 0 atom stereocenters. The van der Waals surface area contributed by atoms with Crippen LogP contribution >= 0.6 is 11.6 Å². The number of pyridine rings is 1. The maximum Gasteiger partial charge on any atom is 0.160 e. The van der Waals surface area contributed by atoms with E-state index in [9.17, 15) is 4.79 Å². The van der Waals surface area contributed by atoms with Crippen LogP contribution in [0.4, 0.5) is 0 Å². The Morgan fingerprint density at radius 1 is 1.69 bits per heavy atom. The quantitative estimate of drug-likeness (QED) is 0.591. The van der Waals surface area contributed by atoms with Crippen molar-refractivity contribution in [2.75, 3.05) is 6.54 Å². The van der Waals surface area contributed by atoms with E-state index in [1.54, 1.807) is 6.07 Å². The van der Waals surface area contributed by atoms with Crippen LogP contribution in [0.15, 0.2) is 12.3 Å². The number of Topliss-reactive ketones (excluding diaryl/α,β-unsaturated/α-hetero) is 1. The summed E-state index contributed by atoms with van der Waals surface area (Å²) in [5, 5.41) is 0.373. The minimum Gasteiger partial charge on any atom is -0.330 e. The Morgan fingerprint density at radius 2 is 2.38 bits per heavy atom. The Morgan fingerprint density at radius 3 is 2.92 bits per heavy atom. The van der Waals surface area contributed by atoms with Crippen molar-refractivity contribution in [3.05, 3.63) is 28.5 Å². The van der Waals surface area contributed by atoms with Crippen LogP contribution in [-0.2, 0) is 6.42 Å². The molecule has 0 saturated carbocycles. The Kier molecular flexibility index (Phi) is 3.39.